The second-order valence-corrected chi connectivity index (χ2v) is 4.13. The van der Waals surface area contributed by atoms with Gasteiger partial charge in [0.1, 0.15) is 0 Å². The average Bonchev–Trinajstić information content (AvgIpc) is 2.25. The molecule has 0 saturated carbocycles. The molecule has 1 aromatic carbocycles. The van der Waals surface area contributed by atoms with Crippen molar-refractivity contribution in [1.29, 1.82) is 0 Å². The van der Waals surface area contributed by atoms with Crippen LogP contribution >= 0.6 is 15.9 Å². The van der Waals surface area contributed by atoms with Gasteiger partial charge >= 0.3 is 0 Å². The number of nitrogens with two attached hydrogens (primary N) is 1. The molecule has 1 atom stereocenters. The molecule has 0 aliphatic heterocycles. The molecule has 0 aliphatic carbocycles. The summed E-state index contributed by atoms with van der Waals surface area (Å²) in [7, 11) is 0. The highest BCUT2D eigenvalue weighted by Gasteiger charge is 2.11. The van der Waals surface area contributed by atoms with Crippen LogP contribution in [0, 0.1) is 5.82 Å². The number of hydrogen-bond donors (Lipinski definition) is 3. The number of aliphatic hydroxyl groups is 1. The summed E-state index contributed by atoms with van der Waals surface area (Å²) >= 11 is 3.15. The maximum Gasteiger partial charge on any atom is 0.160 e. The van der Waals surface area contributed by atoms with E-state index in [-0.39, 0.29) is 25.0 Å². The maximum atomic E-state index is 13.7. The Kier molecular flexibility index (Phi) is 4.50. The monoisotopic (exact) mass is 276 g/mol. The van der Waals surface area contributed by atoms with Crippen LogP contribution in [0.4, 0.5) is 10.1 Å². The quantitative estimate of drug-likeness (QED) is 0.787. The molecule has 5 heteroatoms. The molecule has 15 heavy (non-hydrogen) atoms. The molecule has 1 rings (SSSR count). The molecule has 0 saturated heterocycles. The minimum atomic E-state index is -0.377. The summed E-state index contributed by atoms with van der Waals surface area (Å²) in [6, 6.07) is 3.18. The molecule has 0 heterocycles. The fraction of sp³-hybridized carbons (Fsp3) is 0.400. The fourth-order valence-electron chi connectivity index (χ4n) is 1.17. The van der Waals surface area contributed by atoms with Crippen molar-refractivity contribution in [3.63, 3.8) is 0 Å². The van der Waals surface area contributed by atoms with Crippen LogP contribution in [0.3, 0.4) is 0 Å². The van der Waals surface area contributed by atoms with Crippen LogP contribution in [0.1, 0.15) is 12.5 Å². The molecule has 0 fully saturated rings. The number of halogens is 2. The molecule has 1 aromatic rings. The number of hydrogen-bond acceptors (Lipinski definition) is 3. The zero-order valence-corrected chi connectivity index (χ0v) is 10.0. The molecule has 0 aromatic heterocycles. The first-order valence-corrected chi connectivity index (χ1v) is 5.43. The average molecular weight is 277 g/mol. The molecule has 4 N–H and O–H groups in total. The Morgan fingerprint density at radius 3 is 2.80 bits per heavy atom. The van der Waals surface area contributed by atoms with Crippen LogP contribution in [-0.4, -0.2) is 17.8 Å². The molecule has 84 valence electrons. The SMILES string of the molecule is CC(CO)Nc1ccc(CN)c(Br)c1F. The summed E-state index contributed by atoms with van der Waals surface area (Å²) in [4.78, 5) is 0. The Balaban J connectivity index is 2.96. The first-order chi connectivity index (χ1) is 7.10. The fourth-order valence-corrected chi connectivity index (χ4v) is 1.68. The van der Waals surface area contributed by atoms with Gasteiger partial charge in [0, 0.05) is 12.6 Å². The summed E-state index contributed by atoms with van der Waals surface area (Å²) in [6.07, 6.45) is 0. The zero-order valence-electron chi connectivity index (χ0n) is 8.43. The smallest absolute Gasteiger partial charge is 0.160 e. The van der Waals surface area contributed by atoms with E-state index in [2.05, 4.69) is 21.2 Å². The van der Waals surface area contributed by atoms with Gasteiger partial charge in [-0.15, -0.1) is 0 Å². The minimum Gasteiger partial charge on any atom is -0.394 e. The van der Waals surface area contributed by atoms with E-state index in [0.29, 0.717) is 10.2 Å². The molecular formula is C10H14BrFN2O. The highest BCUT2D eigenvalue weighted by atomic mass is 79.9. The molecular weight excluding hydrogens is 263 g/mol. The van der Waals surface area contributed by atoms with Crippen molar-refractivity contribution in [2.75, 3.05) is 11.9 Å². The number of anilines is 1. The van der Waals surface area contributed by atoms with E-state index in [9.17, 15) is 4.39 Å². The van der Waals surface area contributed by atoms with Gasteiger partial charge in [0.2, 0.25) is 0 Å². The zero-order chi connectivity index (χ0) is 11.4. The third-order valence-electron chi connectivity index (χ3n) is 2.06. The first kappa shape index (κ1) is 12.4. The van der Waals surface area contributed by atoms with Crippen molar-refractivity contribution < 1.29 is 9.50 Å². The van der Waals surface area contributed by atoms with Gasteiger partial charge in [-0.2, -0.15) is 0 Å². The van der Waals surface area contributed by atoms with E-state index >= 15 is 0 Å². The van der Waals surface area contributed by atoms with Crippen LogP contribution < -0.4 is 11.1 Å². The predicted molar refractivity (Wildman–Crippen MR) is 62.2 cm³/mol. The maximum absolute atomic E-state index is 13.7. The summed E-state index contributed by atoms with van der Waals surface area (Å²) in [6.45, 7) is 2.01. The predicted octanol–water partition coefficient (Wildman–Crippen LogP) is 1.84. The van der Waals surface area contributed by atoms with Crippen molar-refractivity contribution in [2.24, 2.45) is 5.73 Å². The summed E-state index contributed by atoms with van der Waals surface area (Å²) in [5.41, 5.74) is 6.52. The van der Waals surface area contributed by atoms with Gasteiger partial charge in [-0.05, 0) is 34.5 Å². The number of nitrogens with one attached hydrogen (secondary N) is 1. The number of aliphatic hydroxyl groups excluding tert-OH is 1. The van der Waals surface area contributed by atoms with Crippen LogP contribution in [0.15, 0.2) is 16.6 Å². The van der Waals surface area contributed by atoms with E-state index in [4.69, 9.17) is 10.8 Å². The molecule has 0 amide bonds. The van der Waals surface area contributed by atoms with Crippen LogP contribution in [0.5, 0.6) is 0 Å². The lowest BCUT2D eigenvalue weighted by Crippen LogP contribution is -2.20. The summed E-state index contributed by atoms with van der Waals surface area (Å²) < 4.78 is 14.1. The Hall–Kier alpha value is -0.650. The van der Waals surface area contributed by atoms with Gasteiger partial charge in [0.05, 0.1) is 16.8 Å². The van der Waals surface area contributed by atoms with E-state index in [0.717, 1.165) is 5.56 Å². The van der Waals surface area contributed by atoms with Gasteiger partial charge in [-0.3, -0.25) is 0 Å². The first-order valence-electron chi connectivity index (χ1n) is 4.64. The second kappa shape index (κ2) is 5.44. The van der Waals surface area contributed by atoms with Crippen molar-refractivity contribution in [1.82, 2.24) is 0 Å². The van der Waals surface area contributed by atoms with Gasteiger partial charge < -0.3 is 16.2 Å². The van der Waals surface area contributed by atoms with E-state index in [1.165, 1.54) is 0 Å². The molecule has 3 nitrogen and oxygen atoms in total. The van der Waals surface area contributed by atoms with Crippen molar-refractivity contribution in [2.45, 2.75) is 19.5 Å². The Bertz CT molecular complexity index is 346. The third kappa shape index (κ3) is 2.90. The van der Waals surface area contributed by atoms with Gasteiger partial charge in [0.15, 0.2) is 5.82 Å². The number of rotatable bonds is 4. The van der Waals surface area contributed by atoms with Crippen molar-refractivity contribution >= 4 is 21.6 Å². The lowest BCUT2D eigenvalue weighted by Gasteiger charge is -2.14. The van der Waals surface area contributed by atoms with Crippen LogP contribution in [0.2, 0.25) is 0 Å². The Morgan fingerprint density at radius 1 is 1.60 bits per heavy atom. The van der Waals surface area contributed by atoms with Crippen molar-refractivity contribution in [3.8, 4) is 0 Å². The largest absolute Gasteiger partial charge is 0.394 e. The highest BCUT2D eigenvalue weighted by Crippen LogP contribution is 2.27. The third-order valence-corrected chi connectivity index (χ3v) is 2.92. The van der Waals surface area contributed by atoms with E-state index < -0.39 is 0 Å². The highest BCUT2D eigenvalue weighted by molar-refractivity contribution is 9.10. The lowest BCUT2D eigenvalue weighted by molar-refractivity contribution is 0.281. The Morgan fingerprint density at radius 2 is 2.27 bits per heavy atom. The standard InChI is InChI=1S/C10H14BrFN2O/c1-6(5-15)14-8-3-2-7(4-13)9(11)10(8)12/h2-3,6,14-15H,4-5,13H2,1H3. The molecule has 0 spiro atoms. The lowest BCUT2D eigenvalue weighted by atomic mass is 10.2. The van der Waals surface area contributed by atoms with E-state index in [1.54, 1.807) is 19.1 Å². The van der Waals surface area contributed by atoms with Crippen LogP contribution in [0.25, 0.3) is 0 Å². The molecule has 1 unspecified atom stereocenters. The van der Waals surface area contributed by atoms with Gasteiger partial charge in [-0.1, -0.05) is 6.07 Å². The number of benzene rings is 1. The minimum absolute atomic E-state index is 0.0459. The van der Waals surface area contributed by atoms with Gasteiger partial charge in [0.25, 0.3) is 0 Å². The van der Waals surface area contributed by atoms with Crippen LogP contribution in [-0.2, 0) is 6.54 Å². The molecule has 0 radical (unpaired) electrons. The van der Waals surface area contributed by atoms with Crippen molar-refractivity contribution in [3.05, 3.63) is 28.0 Å². The van der Waals surface area contributed by atoms with Gasteiger partial charge in [-0.25, -0.2) is 4.39 Å². The molecule has 0 bridgehead atoms. The summed E-state index contributed by atoms with van der Waals surface area (Å²) in [5, 5.41) is 11.7. The topological polar surface area (TPSA) is 58.3 Å². The summed E-state index contributed by atoms with van der Waals surface area (Å²) in [5.74, 6) is -0.377. The Labute approximate surface area is 96.6 Å². The van der Waals surface area contributed by atoms with E-state index in [1.807, 2.05) is 0 Å². The normalized spacial score (nSPS) is 12.6. The molecule has 0 aliphatic rings. The second-order valence-electron chi connectivity index (χ2n) is 3.33.